The number of halogens is 1. The van der Waals surface area contributed by atoms with Gasteiger partial charge in [-0.2, -0.15) is 0 Å². The van der Waals surface area contributed by atoms with Gasteiger partial charge >= 0.3 is 5.97 Å². The van der Waals surface area contributed by atoms with E-state index in [-0.39, 0.29) is 0 Å². The lowest BCUT2D eigenvalue weighted by Crippen LogP contribution is -2.30. The number of primary amides is 1. The van der Waals surface area contributed by atoms with Crippen molar-refractivity contribution in [2.45, 2.75) is 20.0 Å². The largest absolute Gasteiger partial charge is 0.448 e. The van der Waals surface area contributed by atoms with Gasteiger partial charge in [0.1, 0.15) is 4.88 Å². The SMILES string of the molecule is Cc1csc(C(=O)O[C@H](C)C(N)=O)c1Br. The van der Waals surface area contributed by atoms with E-state index in [9.17, 15) is 9.59 Å². The molecule has 0 aliphatic rings. The number of esters is 1. The Bertz CT molecular complexity index is 402. The highest BCUT2D eigenvalue weighted by Crippen LogP contribution is 2.28. The van der Waals surface area contributed by atoms with Crippen molar-refractivity contribution in [2.75, 3.05) is 0 Å². The molecule has 0 aromatic carbocycles. The Kier molecular flexibility index (Phi) is 3.87. The summed E-state index contributed by atoms with van der Waals surface area (Å²) < 4.78 is 5.56. The van der Waals surface area contributed by atoms with Gasteiger partial charge in [0.15, 0.2) is 6.10 Å². The highest BCUT2D eigenvalue weighted by molar-refractivity contribution is 9.10. The Morgan fingerprint density at radius 1 is 1.60 bits per heavy atom. The zero-order valence-electron chi connectivity index (χ0n) is 8.24. The van der Waals surface area contributed by atoms with Crippen LogP contribution in [0.1, 0.15) is 22.2 Å². The first kappa shape index (κ1) is 12.2. The highest BCUT2D eigenvalue weighted by atomic mass is 79.9. The van der Waals surface area contributed by atoms with Crippen LogP contribution in [0.25, 0.3) is 0 Å². The number of thiophene rings is 1. The third kappa shape index (κ3) is 2.79. The summed E-state index contributed by atoms with van der Waals surface area (Å²) in [5.41, 5.74) is 5.94. The summed E-state index contributed by atoms with van der Waals surface area (Å²) in [7, 11) is 0. The zero-order valence-corrected chi connectivity index (χ0v) is 10.6. The van der Waals surface area contributed by atoms with Crippen molar-refractivity contribution in [3.8, 4) is 0 Å². The zero-order chi connectivity index (χ0) is 11.6. The van der Waals surface area contributed by atoms with Gasteiger partial charge < -0.3 is 10.5 Å². The second kappa shape index (κ2) is 4.76. The molecule has 0 fully saturated rings. The van der Waals surface area contributed by atoms with Crippen LogP contribution in [0.3, 0.4) is 0 Å². The Hall–Kier alpha value is -0.880. The molecule has 0 saturated heterocycles. The summed E-state index contributed by atoms with van der Waals surface area (Å²) in [6.07, 6.45) is -0.910. The fourth-order valence-corrected chi connectivity index (χ4v) is 2.37. The van der Waals surface area contributed by atoms with Gasteiger partial charge in [-0.3, -0.25) is 4.79 Å². The van der Waals surface area contributed by atoms with Gasteiger partial charge in [0, 0.05) is 4.47 Å². The minimum absolute atomic E-state index is 0.445. The molecule has 0 saturated carbocycles. The van der Waals surface area contributed by atoms with E-state index in [2.05, 4.69) is 15.9 Å². The molecule has 1 aromatic rings. The van der Waals surface area contributed by atoms with E-state index in [1.54, 1.807) is 0 Å². The van der Waals surface area contributed by atoms with Crippen LogP contribution < -0.4 is 5.73 Å². The lowest BCUT2D eigenvalue weighted by atomic mass is 10.3. The van der Waals surface area contributed by atoms with E-state index >= 15 is 0 Å². The molecule has 1 atom stereocenters. The molecule has 0 bridgehead atoms. The highest BCUT2D eigenvalue weighted by Gasteiger charge is 2.20. The Morgan fingerprint density at radius 3 is 2.60 bits per heavy atom. The van der Waals surface area contributed by atoms with Crippen molar-refractivity contribution < 1.29 is 14.3 Å². The number of carbonyl (C=O) groups is 2. The molecule has 6 heteroatoms. The Morgan fingerprint density at radius 2 is 2.20 bits per heavy atom. The van der Waals surface area contributed by atoms with Gasteiger partial charge in [0.25, 0.3) is 5.91 Å². The van der Waals surface area contributed by atoms with Gasteiger partial charge in [-0.05, 0) is 40.7 Å². The molecular weight excluding hydrogens is 282 g/mol. The minimum Gasteiger partial charge on any atom is -0.448 e. The number of nitrogens with two attached hydrogens (primary N) is 1. The first-order valence-corrected chi connectivity index (χ1v) is 5.84. The van der Waals surface area contributed by atoms with Crippen LogP contribution in [0.15, 0.2) is 9.85 Å². The van der Waals surface area contributed by atoms with E-state index in [0.29, 0.717) is 9.35 Å². The van der Waals surface area contributed by atoms with Crippen molar-refractivity contribution in [1.82, 2.24) is 0 Å². The molecule has 1 rings (SSSR count). The molecule has 0 aliphatic carbocycles. The third-order valence-electron chi connectivity index (χ3n) is 1.77. The maximum Gasteiger partial charge on any atom is 0.350 e. The van der Waals surface area contributed by atoms with Crippen LogP contribution in [0.5, 0.6) is 0 Å². The number of carbonyl (C=O) groups excluding carboxylic acids is 2. The molecule has 15 heavy (non-hydrogen) atoms. The molecule has 0 radical (unpaired) electrons. The van der Waals surface area contributed by atoms with Crippen LogP contribution in [0.2, 0.25) is 0 Å². The molecule has 4 nitrogen and oxygen atoms in total. The monoisotopic (exact) mass is 291 g/mol. The quantitative estimate of drug-likeness (QED) is 0.864. The molecule has 1 amide bonds. The number of hydrogen-bond acceptors (Lipinski definition) is 4. The van der Waals surface area contributed by atoms with Crippen LogP contribution in [-0.2, 0) is 9.53 Å². The van der Waals surface area contributed by atoms with Gasteiger partial charge in [0.2, 0.25) is 0 Å². The number of ether oxygens (including phenoxy) is 1. The fourth-order valence-electron chi connectivity index (χ4n) is 0.840. The molecule has 1 aromatic heterocycles. The number of rotatable bonds is 3. The van der Waals surface area contributed by atoms with Crippen LogP contribution in [0, 0.1) is 6.92 Å². The summed E-state index contributed by atoms with van der Waals surface area (Å²) in [6, 6.07) is 0. The Labute approximate surface area is 99.5 Å². The van der Waals surface area contributed by atoms with Crippen molar-refractivity contribution in [1.29, 1.82) is 0 Å². The topological polar surface area (TPSA) is 69.4 Å². The lowest BCUT2D eigenvalue weighted by Gasteiger charge is -2.08. The van der Waals surface area contributed by atoms with E-state index in [1.165, 1.54) is 18.3 Å². The normalized spacial score (nSPS) is 12.2. The first-order chi connectivity index (χ1) is 6.93. The smallest absolute Gasteiger partial charge is 0.350 e. The average Bonchev–Trinajstić information content (AvgIpc) is 2.47. The summed E-state index contributed by atoms with van der Waals surface area (Å²) in [5.74, 6) is -1.20. The second-order valence-corrected chi connectivity index (χ2v) is 4.68. The molecular formula is C9H10BrNO3S. The van der Waals surface area contributed by atoms with Crippen LogP contribution >= 0.6 is 27.3 Å². The maximum absolute atomic E-state index is 11.5. The molecule has 1 heterocycles. The van der Waals surface area contributed by atoms with Crippen molar-refractivity contribution in [3.63, 3.8) is 0 Å². The van der Waals surface area contributed by atoms with E-state index in [1.807, 2.05) is 12.3 Å². The Balaban J connectivity index is 2.78. The number of hydrogen-bond donors (Lipinski definition) is 1. The summed E-state index contributed by atoms with van der Waals surface area (Å²) in [5, 5.41) is 1.83. The molecule has 0 unspecified atom stereocenters. The first-order valence-electron chi connectivity index (χ1n) is 4.17. The van der Waals surface area contributed by atoms with Crippen LogP contribution in [-0.4, -0.2) is 18.0 Å². The van der Waals surface area contributed by atoms with Gasteiger partial charge in [-0.25, -0.2) is 4.79 Å². The minimum atomic E-state index is -0.910. The van der Waals surface area contributed by atoms with Crippen molar-refractivity contribution in [2.24, 2.45) is 5.73 Å². The van der Waals surface area contributed by atoms with Crippen molar-refractivity contribution >= 4 is 39.1 Å². The van der Waals surface area contributed by atoms with E-state index in [4.69, 9.17) is 10.5 Å². The fraction of sp³-hybridized carbons (Fsp3) is 0.333. The number of amides is 1. The molecule has 0 spiro atoms. The molecule has 2 N–H and O–H groups in total. The third-order valence-corrected chi connectivity index (χ3v) is 4.13. The number of aryl methyl sites for hydroxylation is 1. The second-order valence-electron chi connectivity index (χ2n) is 3.01. The van der Waals surface area contributed by atoms with Gasteiger partial charge in [0.05, 0.1) is 0 Å². The predicted octanol–water partition coefficient (Wildman–Crippen LogP) is 1.85. The molecule has 82 valence electrons. The lowest BCUT2D eigenvalue weighted by molar-refractivity contribution is -0.125. The van der Waals surface area contributed by atoms with Crippen LogP contribution in [0.4, 0.5) is 0 Å². The van der Waals surface area contributed by atoms with Gasteiger partial charge in [-0.1, -0.05) is 0 Å². The standard InChI is InChI=1S/C9H10BrNO3S/c1-4-3-15-7(6(4)10)9(13)14-5(2)8(11)12/h3,5H,1-2H3,(H2,11,12)/t5-/m1/s1. The predicted molar refractivity (Wildman–Crippen MR) is 60.8 cm³/mol. The summed E-state index contributed by atoms with van der Waals surface area (Å²) in [4.78, 5) is 22.7. The average molecular weight is 292 g/mol. The van der Waals surface area contributed by atoms with Gasteiger partial charge in [-0.15, -0.1) is 11.3 Å². The van der Waals surface area contributed by atoms with E-state index < -0.39 is 18.0 Å². The maximum atomic E-state index is 11.5. The van der Waals surface area contributed by atoms with Crippen molar-refractivity contribution in [3.05, 3.63) is 20.3 Å². The summed E-state index contributed by atoms with van der Waals surface area (Å²) >= 11 is 4.54. The molecule has 0 aliphatic heterocycles. The van der Waals surface area contributed by atoms with E-state index in [0.717, 1.165) is 5.56 Å². The summed E-state index contributed by atoms with van der Waals surface area (Å²) in [6.45, 7) is 3.31.